The van der Waals surface area contributed by atoms with Crippen molar-refractivity contribution >= 4 is 55.2 Å². The van der Waals surface area contributed by atoms with Gasteiger partial charge in [-0.15, -0.1) is 0 Å². The van der Waals surface area contributed by atoms with Crippen molar-refractivity contribution in [1.29, 1.82) is 0 Å². The molecule has 0 aliphatic carbocycles. The van der Waals surface area contributed by atoms with E-state index < -0.39 is 44.4 Å². The molecule has 0 bridgehead atoms. The molecule has 20 nitrogen and oxygen atoms in total. The SMILES string of the molecule is O.O.O=C1c2ccc3c4c(ccc(c24)C(=O)N1CCC[n+]1cc[nH]c1)C(=O)N(CCC[n+]1cc[nH]c1)C3=O.O=S(=O)([O-])O.O=S(=O)([O-])O. The number of H-pyrrole nitrogens is 2. The lowest BCUT2D eigenvalue weighted by Gasteiger charge is -2.31. The molecule has 6 rings (SSSR count). The molecule has 4 aromatic rings. The van der Waals surface area contributed by atoms with Crippen molar-refractivity contribution in [2.45, 2.75) is 25.9 Å². The lowest BCUT2D eigenvalue weighted by molar-refractivity contribution is -0.696. The Kier molecular flexibility index (Phi) is 12.9. The fourth-order valence-electron chi connectivity index (χ4n) is 5.12. The van der Waals surface area contributed by atoms with Crippen LogP contribution in [0.4, 0.5) is 0 Å². The number of nitrogens with one attached hydrogen (secondary N) is 2. The number of carbonyl (C=O) groups is 4. The highest BCUT2D eigenvalue weighted by molar-refractivity contribution is 7.80. The minimum Gasteiger partial charge on any atom is -0.726 e. The zero-order valence-electron chi connectivity index (χ0n) is 24.6. The number of aromatic nitrogens is 4. The van der Waals surface area contributed by atoms with Crippen molar-refractivity contribution in [1.82, 2.24) is 19.8 Å². The molecular formula is C26H30N6O14S2. The third-order valence-corrected chi connectivity index (χ3v) is 6.86. The molecule has 0 unspecified atom stereocenters. The number of rotatable bonds is 8. The van der Waals surface area contributed by atoms with Crippen LogP contribution < -0.4 is 9.13 Å². The summed E-state index contributed by atoms with van der Waals surface area (Å²) in [5.74, 6) is -1.61. The van der Waals surface area contributed by atoms with Crippen LogP contribution in [0.15, 0.2) is 61.7 Å². The van der Waals surface area contributed by atoms with Crippen LogP contribution >= 0.6 is 0 Å². The minimum atomic E-state index is -4.92. The third kappa shape index (κ3) is 9.55. The summed E-state index contributed by atoms with van der Waals surface area (Å²) in [4.78, 5) is 61.7. The molecule has 0 atom stereocenters. The molecule has 2 aliphatic heterocycles. The lowest BCUT2D eigenvalue weighted by atomic mass is 9.86. The van der Waals surface area contributed by atoms with Gasteiger partial charge in [-0.1, -0.05) is 0 Å². The number of hydrogen-bond donors (Lipinski definition) is 4. The van der Waals surface area contributed by atoms with E-state index in [0.29, 0.717) is 59.0 Å². The van der Waals surface area contributed by atoms with Gasteiger partial charge in [0.05, 0.1) is 13.1 Å². The molecule has 22 heteroatoms. The van der Waals surface area contributed by atoms with Crippen molar-refractivity contribution in [3.8, 4) is 0 Å². The van der Waals surface area contributed by atoms with Crippen LogP contribution in [0.5, 0.6) is 0 Å². The van der Waals surface area contributed by atoms with E-state index in [1.165, 1.54) is 9.80 Å². The molecule has 0 fully saturated rings. The number of hydrogen-bond acceptors (Lipinski definition) is 10. The Morgan fingerprint density at radius 3 is 1.10 bits per heavy atom. The van der Waals surface area contributed by atoms with Gasteiger partial charge in [-0.05, 0) is 24.3 Å². The molecule has 0 spiro atoms. The smallest absolute Gasteiger partial charge is 0.261 e. The summed E-state index contributed by atoms with van der Waals surface area (Å²) in [5, 5.41) is 0.806. The molecule has 0 radical (unpaired) electrons. The maximum atomic E-state index is 13.3. The van der Waals surface area contributed by atoms with E-state index in [0.717, 1.165) is 0 Å². The maximum absolute atomic E-state index is 13.3. The average molecular weight is 715 g/mol. The first-order valence-electron chi connectivity index (χ1n) is 13.3. The summed E-state index contributed by atoms with van der Waals surface area (Å²) in [5.41, 5.74) is 1.38. The Morgan fingerprint density at radius 2 is 0.875 bits per heavy atom. The van der Waals surface area contributed by atoms with Crippen LogP contribution in [0.2, 0.25) is 0 Å². The van der Waals surface area contributed by atoms with Gasteiger partial charge in [0, 0.05) is 59.0 Å². The first-order chi connectivity index (χ1) is 21.5. The van der Waals surface area contributed by atoms with Crippen LogP contribution in [0, 0.1) is 0 Å². The van der Waals surface area contributed by atoms with Gasteiger partial charge in [0.15, 0.2) is 0 Å². The van der Waals surface area contributed by atoms with Crippen LogP contribution in [0.3, 0.4) is 0 Å². The molecule has 8 N–H and O–H groups in total. The van der Waals surface area contributed by atoms with Gasteiger partial charge in [-0.2, -0.15) is 0 Å². The van der Waals surface area contributed by atoms with E-state index in [1.807, 2.05) is 34.2 Å². The van der Waals surface area contributed by atoms with Crippen molar-refractivity contribution in [3.05, 3.63) is 84.0 Å². The van der Waals surface area contributed by atoms with Crippen LogP contribution in [0.25, 0.3) is 10.8 Å². The molecule has 0 saturated carbocycles. The number of imidazole rings is 2. The second-order valence-electron chi connectivity index (χ2n) is 9.86. The molecule has 48 heavy (non-hydrogen) atoms. The van der Waals surface area contributed by atoms with E-state index >= 15 is 0 Å². The quantitative estimate of drug-likeness (QED) is 0.0654. The number of imide groups is 2. The zero-order chi connectivity index (χ0) is 33.8. The predicted molar refractivity (Wildman–Crippen MR) is 158 cm³/mol. The van der Waals surface area contributed by atoms with Gasteiger partial charge in [0.25, 0.3) is 23.6 Å². The summed E-state index contributed by atoms with van der Waals surface area (Å²) in [6.07, 6.45) is 12.2. The topological polar surface area (TPSA) is 332 Å². The van der Waals surface area contributed by atoms with Gasteiger partial charge in [-0.3, -0.25) is 48.1 Å². The normalized spacial score (nSPS) is 13.6. The summed E-state index contributed by atoms with van der Waals surface area (Å²) in [6, 6.07) is 6.43. The molecule has 2 aliphatic rings. The standard InChI is InChI=1S/C26H22N6O4.2H2O4S.2H2O/c33-23-17-3-5-19-22-20(26(36)32(25(19)35)12-2-10-30-14-8-28-16-30)6-4-18(21(17)22)24(34)31(23)11-1-9-29-13-7-27-15-29;2*1-5(2,3)4;;/h3-8,13-16H,1-2,9-12H2;2*(H2,1,2,3,4);2*1H2. The monoisotopic (exact) mass is 714 g/mol. The minimum absolute atomic E-state index is 0. The molecule has 0 saturated heterocycles. The highest BCUT2D eigenvalue weighted by Gasteiger charge is 2.39. The molecule has 4 amide bonds. The van der Waals surface area contributed by atoms with Gasteiger partial charge in [-0.25, -0.2) is 26.0 Å². The number of nitrogens with zero attached hydrogens (tertiary/aromatic N) is 4. The number of amides is 4. The second kappa shape index (κ2) is 15.8. The summed E-state index contributed by atoms with van der Waals surface area (Å²) >= 11 is 0. The Labute approximate surface area is 272 Å². The fourth-order valence-corrected chi connectivity index (χ4v) is 5.12. The largest absolute Gasteiger partial charge is 0.726 e. The van der Waals surface area contributed by atoms with E-state index in [4.69, 9.17) is 35.0 Å². The number of aryl methyl sites for hydroxylation is 2. The van der Waals surface area contributed by atoms with Crippen molar-refractivity contribution in [2.24, 2.45) is 0 Å². The van der Waals surface area contributed by atoms with Gasteiger partial charge in [0.2, 0.25) is 33.5 Å². The average Bonchev–Trinajstić information content (AvgIpc) is 3.67. The van der Waals surface area contributed by atoms with E-state index in [9.17, 15) is 19.2 Å². The van der Waals surface area contributed by atoms with E-state index in [-0.39, 0.29) is 24.0 Å². The Morgan fingerprint density at radius 1 is 0.604 bits per heavy atom. The molecule has 4 heterocycles. The van der Waals surface area contributed by atoms with Crippen molar-refractivity contribution in [3.63, 3.8) is 0 Å². The molecule has 2 aromatic heterocycles. The Hall–Kier alpha value is -4.94. The highest BCUT2D eigenvalue weighted by Crippen LogP contribution is 2.37. The summed E-state index contributed by atoms with van der Waals surface area (Å²) in [6.45, 7) is 1.85. The molecule has 260 valence electrons. The maximum Gasteiger partial charge on any atom is 0.261 e. The van der Waals surface area contributed by atoms with E-state index in [1.54, 1.807) is 36.7 Å². The van der Waals surface area contributed by atoms with Crippen LogP contribution in [-0.4, -0.2) is 102 Å². The fraction of sp³-hybridized carbons (Fsp3) is 0.231. The van der Waals surface area contributed by atoms with E-state index in [2.05, 4.69) is 9.97 Å². The van der Waals surface area contributed by atoms with Gasteiger partial charge in [0.1, 0.15) is 24.8 Å². The van der Waals surface area contributed by atoms with Crippen molar-refractivity contribution in [2.75, 3.05) is 13.1 Å². The summed E-state index contributed by atoms with van der Waals surface area (Å²) in [7, 11) is -9.83. The van der Waals surface area contributed by atoms with Gasteiger partial charge < -0.3 is 20.1 Å². The molecular weight excluding hydrogens is 684 g/mol. The lowest BCUT2D eigenvalue weighted by Crippen LogP contribution is -2.45. The molecule has 2 aromatic carbocycles. The highest BCUT2D eigenvalue weighted by atomic mass is 32.3. The summed E-state index contributed by atoms with van der Waals surface area (Å²) < 4.78 is 69.6. The first kappa shape index (κ1) is 39.2. The Bertz CT molecular complexity index is 1780. The second-order valence-corrected chi connectivity index (χ2v) is 11.6. The number of benzene rings is 2. The van der Waals surface area contributed by atoms with Crippen molar-refractivity contribution < 1.29 is 74.3 Å². The van der Waals surface area contributed by atoms with Gasteiger partial charge >= 0.3 is 0 Å². The number of aromatic amines is 2. The van der Waals surface area contributed by atoms with Crippen LogP contribution in [0.1, 0.15) is 54.3 Å². The zero-order valence-corrected chi connectivity index (χ0v) is 26.2. The third-order valence-electron chi connectivity index (χ3n) is 6.86. The first-order valence-corrected chi connectivity index (χ1v) is 16.0. The predicted octanol–water partition coefficient (Wildman–Crippen LogP) is -2.20. The number of carbonyl (C=O) groups excluding carboxylic acids is 4. The Balaban J connectivity index is 0.000000588. The van der Waals surface area contributed by atoms with Crippen LogP contribution in [-0.2, 0) is 33.9 Å².